The molecule has 2 heterocycles. The first-order valence-electron chi connectivity index (χ1n) is 6.87. The summed E-state index contributed by atoms with van der Waals surface area (Å²) in [5, 5.41) is 0.914. The lowest BCUT2D eigenvalue weighted by molar-refractivity contribution is 0.594. The molecule has 0 aliphatic carbocycles. The first kappa shape index (κ1) is 13.1. The quantitative estimate of drug-likeness (QED) is 0.751. The molecule has 110 valence electrons. The van der Waals surface area contributed by atoms with Gasteiger partial charge in [-0.05, 0) is 23.8 Å². The van der Waals surface area contributed by atoms with Crippen LogP contribution in [0.25, 0.3) is 10.9 Å². The van der Waals surface area contributed by atoms with Crippen LogP contribution in [0.3, 0.4) is 0 Å². The number of rotatable bonds is 1. The molecule has 0 spiro atoms. The predicted molar refractivity (Wildman–Crippen MR) is 86.9 cm³/mol. The SMILES string of the molecule is O=S1(=O)Nc2c(ccc3cccnc23)CN1c1ccccc1. The maximum atomic E-state index is 12.6. The van der Waals surface area contributed by atoms with Gasteiger partial charge < -0.3 is 0 Å². The molecule has 1 N–H and O–H groups in total. The molecule has 3 aromatic rings. The fraction of sp³-hybridized carbons (Fsp3) is 0.0625. The van der Waals surface area contributed by atoms with Gasteiger partial charge in [0.15, 0.2) is 0 Å². The number of benzene rings is 2. The van der Waals surface area contributed by atoms with Crippen molar-refractivity contribution in [3.8, 4) is 0 Å². The van der Waals surface area contributed by atoms with Crippen molar-refractivity contribution >= 4 is 32.5 Å². The highest BCUT2D eigenvalue weighted by Gasteiger charge is 2.30. The highest BCUT2D eigenvalue weighted by molar-refractivity contribution is 7.94. The molecule has 0 saturated carbocycles. The Hall–Kier alpha value is -2.60. The van der Waals surface area contributed by atoms with Crippen LogP contribution in [0.4, 0.5) is 11.4 Å². The summed E-state index contributed by atoms with van der Waals surface area (Å²) >= 11 is 0. The second-order valence-corrected chi connectivity index (χ2v) is 6.72. The lowest BCUT2D eigenvalue weighted by Crippen LogP contribution is -2.39. The van der Waals surface area contributed by atoms with Crippen molar-refractivity contribution in [1.29, 1.82) is 0 Å². The Labute approximate surface area is 128 Å². The van der Waals surface area contributed by atoms with Crippen molar-refractivity contribution in [2.75, 3.05) is 9.03 Å². The van der Waals surface area contributed by atoms with Crippen molar-refractivity contribution in [2.24, 2.45) is 0 Å². The summed E-state index contributed by atoms with van der Waals surface area (Å²) in [6.07, 6.45) is 1.67. The van der Waals surface area contributed by atoms with Gasteiger partial charge in [-0.15, -0.1) is 0 Å². The van der Waals surface area contributed by atoms with E-state index in [2.05, 4.69) is 9.71 Å². The van der Waals surface area contributed by atoms with Crippen LogP contribution in [-0.2, 0) is 16.8 Å². The molecule has 1 aromatic heterocycles. The van der Waals surface area contributed by atoms with E-state index >= 15 is 0 Å². The Kier molecular flexibility index (Phi) is 2.80. The molecular weight excluding hydrogens is 298 g/mol. The van der Waals surface area contributed by atoms with Crippen molar-refractivity contribution in [2.45, 2.75) is 6.54 Å². The van der Waals surface area contributed by atoms with Crippen LogP contribution >= 0.6 is 0 Å². The molecule has 0 bridgehead atoms. The van der Waals surface area contributed by atoms with Crippen LogP contribution in [-0.4, -0.2) is 13.4 Å². The second kappa shape index (κ2) is 4.71. The zero-order valence-corrected chi connectivity index (χ0v) is 12.4. The van der Waals surface area contributed by atoms with Crippen molar-refractivity contribution < 1.29 is 8.42 Å². The Bertz CT molecular complexity index is 956. The Morgan fingerprint density at radius 2 is 1.82 bits per heavy atom. The highest BCUT2D eigenvalue weighted by Crippen LogP contribution is 2.34. The number of nitrogens with one attached hydrogen (secondary N) is 1. The number of hydrogen-bond acceptors (Lipinski definition) is 3. The van der Waals surface area contributed by atoms with Gasteiger partial charge in [-0.2, -0.15) is 8.42 Å². The highest BCUT2D eigenvalue weighted by atomic mass is 32.2. The number of fused-ring (bicyclic) bond motifs is 3. The normalized spacial score (nSPS) is 16.1. The summed E-state index contributed by atoms with van der Waals surface area (Å²) in [4.78, 5) is 4.31. The first-order valence-corrected chi connectivity index (χ1v) is 8.31. The minimum Gasteiger partial charge on any atom is -0.264 e. The third kappa shape index (κ3) is 2.00. The lowest BCUT2D eigenvalue weighted by Gasteiger charge is -2.31. The number of para-hydroxylation sites is 1. The molecule has 0 unspecified atom stereocenters. The van der Waals surface area contributed by atoms with Crippen molar-refractivity contribution in [3.05, 3.63) is 66.4 Å². The maximum absolute atomic E-state index is 12.6. The lowest BCUT2D eigenvalue weighted by atomic mass is 10.1. The number of anilines is 2. The fourth-order valence-corrected chi connectivity index (χ4v) is 3.98. The summed E-state index contributed by atoms with van der Waals surface area (Å²) in [5.74, 6) is 0. The molecular formula is C16H13N3O2S. The van der Waals surface area contributed by atoms with E-state index < -0.39 is 10.2 Å². The van der Waals surface area contributed by atoms with E-state index in [0.29, 0.717) is 23.4 Å². The van der Waals surface area contributed by atoms with E-state index in [-0.39, 0.29) is 0 Å². The average molecular weight is 311 g/mol. The number of nitrogens with zero attached hydrogens (tertiary/aromatic N) is 2. The molecule has 0 amide bonds. The summed E-state index contributed by atoms with van der Waals surface area (Å²) < 4.78 is 29.2. The smallest absolute Gasteiger partial charge is 0.264 e. The van der Waals surface area contributed by atoms with Gasteiger partial charge in [-0.3, -0.25) is 9.71 Å². The average Bonchev–Trinajstić information content (AvgIpc) is 2.54. The van der Waals surface area contributed by atoms with Crippen molar-refractivity contribution in [3.63, 3.8) is 0 Å². The van der Waals surface area contributed by atoms with E-state index in [1.807, 2.05) is 42.5 Å². The van der Waals surface area contributed by atoms with Gasteiger partial charge in [0.1, 0.15) is 0 Å². The van der Waals surface area contributed by atoms with Crippen LogP contribution in [0.5, 0.6) is 0 Å². The standard InChI is InChI=1S/C16H13N3O2S/c20-22(21)18-16-13(9-8-12-5-4-10-17-15(12)16)11-19(22)14-6-2-1-3-7-14/h1-10,18H,11H2. The summed E-state index contributed by atoms with van der Waals surface area (Å²) in [7, 11) is -3.64. The summed E-state index contributed by atoms with van der Waals surface area (Å²) in [6, 6.07) is 16.7. The molecule has 1 aliphatic heterocycles. The van der Waals surface area contributed by atoms with E-state index in [4.69, 9.17) is 0 Å². The molecule has 0 atom stereocenters. The van der Waals surface area contributed by atoms with Crippen LogP contribution in [0.2, 0.25) is 0 Å². The summed E-state index contributed by atoms with van der Waals surface area (Å²) in [5.41, 5.74) is 2.80. The predicted octanol–water partition coefficient (Wildman–Crippen LogP) is 2.91. The summed E-state index contributed by atoms with van der Waals surface area (Å²) in [6.45, 7) is 0.293. The van der Waals surface area contributed by atoms with Gasteiger partial charge in [0, 0.05) is 11.6 Å². The van der Waals surface area contributed by atoms with E-state index in [9.17, 15) is 8.42 Å². The Balaban J connectivity index is 1.89. The maximum Gasteiger partial charge on any atom is 0.324 e. The minimum atomic E-state index is -3.64. The van der Waals surface area contributed by atoms with Gasteiger partial charge in [-0.1, -0.05) is 36.4 Å². The van der Waals surface area contributed by atoms with E-state index in [1.165, 1.54) is 4.31 Å². The van der Waals surface area contributed by atoms with Crippen molar-refractivity contribution in [1.82, 2.24) is 4.98 Å². The first-order chi connectivity index (χ1) is 10.6. The third-order valence-electron chi connectivity index (χ3n) is 3.74. The van der Waals surface area contributed by atoms with Gasteiger partial charge in [0.2, 0.25) is 0 Å². The van der Waals surface area contributed by atoms with Gasteiger partial charge in [-0.25, -0.2) is 4.31 Å². The molecule has 0 saturated heterocycles. The van der Waals surface area contributed by atoms with Gasteiger partial charge in [0.05, 0.1) is 23.4 Å². The van der Waals surface area contributed by atoms with Crippen LogP contribution in [0, 0.1) is 0 Å². The monoisotopic (exact) mass is 311 g/mol. The molecule has 1 aliphatic rings. The molecule has 2 aromatic carbocycles. The van der Waals surface area contributed by atoms with Gasteiger partial charge >= 0.3 is 10.2 Å². The van der Waals surface area contributed by atoms with Crippen LogP contribution in [0.1, 0.15) is 5.56 Å². The minimum absolute atomic E-state index is 0.293. The third-order valence-corrected chi connectivity index (χ3v) is 5.12. The van der Waals surface area contributed by atoms with Crippen LogP contribution < -0.4 is 9.03 Å². The fourth-order valence-electron chi connectivity index (χ4n) is 2.68. The topological polar surface area (TPSA) is 62.3 Å². The molecule has 0 radical (unpaired) electrons. The second-order valence-electron chi connectivity index (χ2n) is 5.12. The molecule has 0 fully saturated rings. The van der Waals surface area contributed by atoms with Gasteiger partial charge in [0.25, 0.3) is 0 Å². The molecule has 4 rings (SSSR count). The van der Waals surface area contributed by atoms with E-state index in [0.717, 1.165) is 10.9 Å². The van der Waals surface area contributed by atoms with Crippen LogP contribution in [0.15, 0.2) is 60.8 Å². The molecule has 5 nitrogen and oxygen atoms in total. The zero-order valence-electron chi connectivity index (χ0n) is 11.6. The zero-order chi connectivity index (χ0) is 15.2. The molecule has 22 heavy (non-hydrogen) atoms. The number of pyridine rings is 1. The number of aromatic nitrogens is 1. The Morgan fingerprint density at radius 1 is 1.00 bits per heavy atom. The molecule has 6 heteroatoms. The number of hydrogen-bond donors (Lipinski definition) is 1. The Morgan fingerprint density at radius 3 is 2.64 bits per heavy atom. The largest absolute Gasteiger partial charge is 0.324 e. The van der Waals surface area contributed by atoms with E-state index in [1.54, 1.807) is 18.3 Å².